The monoisotopic (exact) mass is 231 g/mol. The fraction of sp³-hybridized carbons (Fsp3) is 0.167. The fourth-order valence-electron chi connectivity index (χ4n) is 1.40. The summed E-state index contributed by atoms with van der Waals surface area (Å²) < 4.78 is 10.6. The molecule has 0 spiro atoms. The fourth-order valence-corrected chi connectivity index (χ4v) is 1.40. The molecule has 0 atom stereocenters. The average Bonchev–Trinajstić information content (AvgIpc) is 2.30. The molecule has 0 saturated heterocycles. The molecule has 0 amide bonds. The normalized spacial score (nSPS) is 10.2. The molecular weight excluding hydrogens is 218 g/mol. The summed E-state index contributed by atoms with van der Waals surface area (Å²) in [6.45, 7) is 0.545. The molecule has 17 heavy (non-hydrogen) atoms. The van der Waals surface area contributed by atoms with E-state index in [9.17, 15) is 0 Å². The lowest BCUT2D eigenvalue weighted by atomic mass is 10.2. The Morgan fingerprint density at radius 1 is 1.24 bits per heavy atom. The zero-order valence-electron chi connectivity index (χ0n) is 9.46. The van der Waals surface area contributed by atoms with Gasteiger partial charge in [0.2, 0.25) is 5.88 Å². The molecule has 1 aromatic carbocycles. The summed E-state index contributed by atoms with van der Waals surface area (Å²) >= 11 is 0. The van der Waals surface area contributed by atoms with Gasteiger partial charge in [0.25, 0.3) is 0 Å². The third-order valence-corrected chi connectivity index (χ3v) is 2.10. The van der Waals surface area contributed by atoms with E-state index < -0.39 is 0 Å². The van der Waals surface area contributed by atoms with Gasteiger partial charge in [0, 0.05) is 13.2 Å². The van der Waals surface area contributed by atoms with E-state index in [1.807, 2.05) is 24.3 Å². The topological polar surface area (TPSA) is 70.3 Å². The second kappa shape index (κ2) is 5.27. The van der Waals surface area contributed by atoms with E-state index in [1.165, 1.54) is 6.33 Å². The van der Waals surface area contributed by atoms with E-state index in [2.05, 4.69) is 9.97 Å². The third-order valence-electron chi connectivity index (χ3n) is 2.10. The summed E-state index contributed by atoms with van der Waals surface area (Å²) in [5, 5.41) is 0. The van der Waals surface area contributed by atoms with Crippen LogP contribution in [-0.4, -0.2) is 17.1 Å². The number of nitrogen functional groups attached to an aromatic ring is 1. The molecule has 0 aliphatic carbocycles. The van der Waals surface area contributed by atoms with Gasteiger partial charge in [0.15, 0.2) is 0 Å². The first-order valence-corrected chi connectivity index (χ1v) is 5.11. The Kier molecular flexibility index (Phi) is 3.52. The second-order valence-electron chi connectivity index (χ2n) is 3.46. The van der Waals surface area contributed by atoms with Gasteiger partial charge in [-0.2, -0.15) is 0 Å². The molecule has 0 radical (unpaired) electrons. The predicted molar refractivity (Wildman–Crippen MR) is 63.7 cm³/mol. The molecule has 2 rings (SSSR count). The molecule has 5 heteroatoms. The predicted octanol–water partition coefficient (Wildman–Crippen LogP) is 2.00. The zero-order valence-corrected chi connectivity index (χ0v) is 9.46. The molecule has 5 nitrogen and oxygen atoms in total. The standard InChI is InChI=1S/C12H13N3O2/c1-16-7-9-3-2-4-10(5-9)17-12-6-11(13)14-8-15-12/h2-6,8H,7H2,1H3,(H2,13,14,15). The van der Waals surface area contributed by atoms with Crippen molar-refractivity contribution in [2.75, 3.05) is 12.8 Å². The smallest absolute Gasteiger partial charge is 0.224 e. The van der Waals surface area contributed by atoms with Gasteiger partial charge in [-0.1, -0.05) is 12.1 Å². The second-order valence-corrected chi connectivity index (χ2v) is 3.46. The van der Waals surface area contributed by atoms with E-state index in [0.29, 0.717) is 24.1 Å². The molecule has 1 aromatic heterocycles. The van der Waals surface area contributed by atoms with E-state index in [1.54, 1.807) is 13.2 Å². The maximum absolute atomic E-state index is 5.56. The van der Waals surface area contributed by atoms with Crippen LogP contribution in [0, 0.1) is 0 Å². The van der Waals surface area contributed by atoms with Crippen LogP contribution >= 0.6 is 0 Å². The minimum Gasteiger partial charge on any atom is -0.439 e. The van der Waals surface area contributed by atoms with Gasteiger partial charge in [-0.3, -0.25) is 0 Å². The van der Waals surface area contributed by atoms with Crippen LogP contribution in [0.5, 0.6) is 11.6 Å². The van der Waals surface area contributed by atoms with E-state index in [0.717, 1.165) is 5.56 Å². The molecule has 2 aromatic rings. The van der Waals surface area contributed by atoms with Crippen molar-refractivity contribution in [1.29, 1.82) is 0 Å². The summed E-state index contributed by atoms with van der Waals surface area (Å²) in [6.07, 6.45) is 1.36. The number of nitrogens with two attached hydrogens (primary N) is 1. The lowest BCUT2D eigenvalue weighted by molar-refractivity contribution is 0.184. The Balaban J connectivity index is 2.15. The molecular formula is C12H13N3O2. The SMILES string of the molecule is COCc1cccc(Oc2cc(N)ncn2)c1. The number of anilines is 1. The molecule has 1 heterocycles. The largest absolute Gasteiger partial charge is 0.439 e. The molecule has 0 saturated carbocycles. The van der Waals surface area contributed by atoms with Crippen LogP contribution < -0.4 is 10.5 Å². The van der Waals surface area contributed by atoms with Gasteiger partial charge < -0.3 is 15.2 Å². The number of hydrogen-bond acceptors (Lipinski definition) is 5. The quantitative estimate of drug-likeness (QED) is 0.871. The number of benzene rings is 1. The number of hydrogen-bond donors (Lipinski definition) is 1. The molecule has 2 N–H and O–H groups in total. The van der Waals surface area contributed by atoms with Gasteiger partial charge in [0.1, 0.15) is 17.9 Å². The molecule has 0 bridgehead atoms. The van der Waals surface area contributed by atoms with E-state index >= 15 is 0 Å². The summed E-state index contributed by atoms with van der Waals surface area (Å²) in [5.74, 6) is 1.49. The lowest BCUT2D eigenvalue weighted by Gasteiger charge is -2.06. The minimum absolute atomic E-state index is 0.378. The van der Waals surface area contributed by atoms with Crippen molar-refractivity contribution in [3.05, 3.63) is 42.2 Å². The van der Waals surface area contributed by atoms with Crippen LogP contribution in [0.4, 0.5) is 5.82 Å². The number of methoxy groups -OCH3 is 1. The van der Waals surface area contributed by atoms with Gasteiger partial charge in [-0.25, -0.2) is 9.97 Å². The van der Waals surface area contributed by atoms with Crippen LogP contribution in [0.2, 0.25) is 0 Å². The lowest BCUT2D eigenvalue weighted by Crippen LogP contribution is -1.94. The Labute approximate surface area is 99.2 Å². The van der Waals surface area contributed by atoms with E-state index in [4.69, 9.17) is 15.2 Å². The molecule has 88 valence electrons. The summed E-state index contributed by atoms with van der Waals surface area (Å²) in [6, 6.07) is 9.17. The Morgan fingerprint density at radius 3 is 2.88 bits per heavy atom. The summed E-state index contributed by atoms with van der Waals surface area (Å²) in [4.78, 5) is 7.76. The highest BCUT2D eigenvalue weighted by Crippen LogP contribution is 2.21. The first-order valence-electron chi connectivity index (χ1n) is 5.11. The van der Waals surface area contributed by atoms with Crippen molar-refractivity contribution in [3.8, 4) is 11.6 Å². The van der Waals surface area contributed by atoms with Crippen LogP contribution in [0.3, 0.4) is 0 Å². The molecule has 0 aliphatic rings. The van der Waals surface area contributed by atoms with Crippen LogP contribution in [0.15, 0.2) is 36.7 Å². The third kappa shape index (κ3) is 3.15. The first kappa shape index (κ1) is 11.3. The first-order chi connectivity index (χ1) is 8.28. The van der Waals surface area contributed by atoms with Gasteiger partial charge in [-0.15, -0.1) is 0 Å². The van der Waals surface area contributed by atoms with Gasteiger partial charge in [-0.05, 0) is 17.7 Å². The Bertz CT molecular complexity index is 503. The van der Waals surface area contributed by atoms with Crippen molar-refractivity contribution in [2.24, 2.45) is 0 Å². The van der Waals surface area contributed by atoms with Crippen molar-refractivity contribution in [2.45, 2.75) is 6.61 Å². The Morgan fingerprint density at radius 2 is 2.12 bits per heavy atom. The zero-order chi connectivity index (χ0) is 12.1. The molecule has 0 aliphatic heterocycles. The highest BCUT2D eigenvalue weighted by molar-refractivity contribution is 5.35. The molecule has 0 unspecified atom stereocenters. The highest BCUT2D eigenvalue weighted by atomic mass is 16.5. The van der Waals surface area contributed by atoms with Crippen molar-refractivity contribution in [3.63, 3.8) is 0 Å². The number of nitrogens with zero attached hydrogens (tertiary/aromatic N) is 2. The van der Waals surface area contributed by atoms with Crippen molar-refractivity contribution < 1.29 is 9.47 Å². The maximum Gasteiger partial charge on any atom is 0.224 e. The number of aromatic nitrogens is 2. The van der Waals surface area contributed by atoms with Gasteiger partial charge >= 0.3 is 0 Å². The highest BCUT2D eigenvalue weighted by Gasteiger charge is 2.01. The number of rotatable bonds is 4. The van der Waals surface area contributed by atoms with Crippen molar-refractivity contribution >= 4 is 5.82 Å². The Hall–Kier alpha value is -2.14. The van der Waals surface area contributed by atoms with Crippen molar-refractivity contribution in [1.82, 2.24) is 9.97 Å². The van der Waals surface area contributed by atoms with Crippen LogP contribution in [0.25, 0.3) is 0 Å². The number of ether oxygens (including phenoxy) is 2. The summed E-state index contributed by atoms with van der Waals surface area (Å²) in [5.41, 5.74) is 6.57. The summed E-state index contributed by atoms with van der Waals surface area (Å²) in [7, 11) is 1.65. The average molecular weight is 231 g/mol. The minimum atomic E-state index is 0.378. The van der Waals surface area contributed by atoms with E-state index in [-0.39, 0.29) is 0 Å². The van der Waals surface area contributed by atoms with Crippen LogP contribution in [-0.2, 0) is 11.3 Å². The maximum atomic E-state index is 5.56. The van der Waals surface area contributed by atoms with Crippen LogP contribution in [0.1, 0.15) is 5.56 Å². The molecule has 0 fully saturated rings. The van der Waals surface area contributed by atoms with Gasteiger partial charge in [0.05, 0.1) is 6.61 Å².